The van der Waals surface area contributed by atoms with E-state index in [0.717, 1.165) is 21.5 Å². The van der Waals surface area contributed by atoms with Crippen molar-refractivity contribution in [3.63, 3.8) is 0 Å². The number of hydrogen-bond donors (Lipinski definition) is 2. The molecule has 4 aromatic rings. The predicted octanol–water partition coefficient (Wildman–Crippen LogP) is 4.32. The summed E-state index contributed by atoms with van der Waals surface area (Å²) in [5, 5.41) is 19.1. The first-order chi connectivity index (χ1) is 17.7. The molecule has 0 unspecified atom stereocenters. The van der Waals surface area contributed by atoms with E-state index >= 15 is 8.78 Å². The van der Waals surface area contributed by atoms with E-state index in [1.165, 1.54) is 19.2 Å². The van der Waals surface area contributed by atoms with E-state index in [1.54, 1.807) is 41.9 Å². The van der Waals surface area contributed by atoms with Crippen LogP contribution in [-0.2, 0) is 19.0 Å². The van der Waals surface area contributed by atoms with E-state index in [1.807, 2.05) is 25.1 Å². The second-order valence-electron chi connectivity index (χ2n) is 8.70. The number of nitrogens with zero attached hydrogens (tertiary/aromatic N) is 5. The van der Waals surface area contributed by atoms with E-state index in [-0.39, 0.29) is 18.7 Å². The fourth-order valence-electron chi connectivity index (χ4n) is 4.30. The van der Waals surface area contributed by atoms with Gasteiger partial charge < -0.3 is 10.6 Å². The summed E-state index contributed by atoms with van der Waals surface area (Å²) in [5.74, 6) is 7.69. The Bertz CT molecular complexity index is 1500. The summed E-state index contributed by atoms with van der Waals surface area (Å²) in [6, 6.07) is 18.9. The fourth-order valence-corrected chi connectivity index (χ4v) is 4.30. The van der Waals surface area contributed by atoms with Crippen LogP contribution in [-0.4, -0.2) is 27.7 Å². The van der Waals surface area contributed by atoms with Crippen molar-refractivity contribution in [1.29, 1.82) is 5.26 Å². The van der Waals surface area contributed by atoms with Crippen molar-refractivity contribution in [2.75, 3.05) is 7.11 Å². The minimum atomic E-state index is -3.59. The molecule has 37 heavy (non-hydrogen) atoms. The van der Waals surface area contributed by atoms with Crippen LogP contribution < -0.4 is 16.4 Å². The third-order valence-corrected chi connectivity index (χ3v) is 6.28. The highest BCUT2D eigenvalue weighted by atomic mass is 19.3. The number of alkyl halides is 2. The Morgan fingerprint density at radius 3 is 2.54 bits per heavy atom. The third-order valence-electron chi connectivity index (χ3n) is 6.28. The Hall–Kier alpha value is -4.49. The monoisotopic (exact) mass is 503 g/mol. The maximum atomic E-state index is 15.7. The number of aryl methyl sites for hydroxylation is 2. The number of methoxy groups -OCH3 is 1. The molecule has 0 fully saturated rings. The van der Waals surface area contributed by atoms with Crippen LogP contribution in [0.4, 0.5) is 8.78 Å². The van der Waals surface area contributed by atoms with Gasteiger partial charge in [-0.25, -0.2) is 5.84 Å². The quantitative estimate of drug-likeness (QED) is 0.168. The van der Waals surface area contributed by atoms with E-state index in [0.29, 0.717) is 28.1 Å². The van der Waals surface area contributed by atoms with Gasteiger partial charge in [-0.05, 0) is 48.7 Å². The van der Waals surface area contributed by atoms with Crippen molar-refractivity contribution in [3.8, 4) is 11.8 Å². The number of halogens is 2. The summed E-state index contributed by atoms with van der Waals surface area (Å²) < 4.78 is 38.2. The standard InChI is InChI=1S/C27H27F2N7O/c1-17-5-4-6-20(24(17)14-30)16-36-25-13-21(9-12-23(25)18(2)34-36)27(28,29)26(33-31)35(32)15-19-7-10-22(37-3)11-8-19/h4-13H,15-16,31-32H2,1-3H3/b33-26-. The topological polar surface area (TPSA) is 118 Å². The predicted molar refractivity (Wildman–Crippen MR) is 138 cm³/mol. The Labute approximate surface area is 213 Å². The van der Waals surface area contributed by atoms with Gasteiger partial charge in [-0.1, -0.05) is 42.5 Å². The lowest BCUT2D eigenvalue weighted by Gasteiger charge is -2.26. The first-order valence-electron chi connectivity index (χ1n) is 11.5. The molecule has 3 aromatic carbocycles. The normalized spacial score (nSPS) is 12.0. The first kappa shape index (κ1) is 25.6. The van der Waals surface area contributed by atoms with Crippen molar-refractivity contribution in [2.45, 2.75) is 32.9 Å². The van der Waals surface area contributed by atoms with E-state index in [4.69, 9.17) is 16.4 Å². The van der Waals surface area contributed by atoms with Crippen LogP contribution >= 0.6 is 0 Å². The molecule has 4 rings (SSSR count). The van der Waals surface area contributed by atoms with E-state index in [2.05, 4.69) is 16.3 Å². The van der Waals surface area contributed by atoms with Gasteiger partial charge in [-0.2, -0.15) is 24.2 Å². The molecule has 0 bridgehead atoms. The van der Waals surface area contributed by atoms with Crippen molar-refractivity contribution in [1.82, 2.24) is 14.8 Å². The minimum absolute atomic E-state index is 0.0425. The van der Waals surface area contributed by atoms with Crippen molar-refractivity contribution < 1.29 is 13.5 Å². The lowest BCUT2D eigenvalue weighted by Crippen LogP contribution is -2.46. The molecule has 10 heteroatoms. The molecule has 0 radical (unpaired) electrons. The highest BCUT2D eigenvalue weighted by Crippen LogP contribution is 2.34. The van der Waals surface area contributed by atoms with E-state index in [9.17, 15) is 5.26 Å². The second-order valence-corrected chi connectivity index (χ2v) is 8.70. The van der Waals surface area contributed by atoms with Gasteiger partial charge in [0.15, 0.2) is 0 Å². The molecule has 1 heterocycles. The lowest BCUT2D eigenvalue weighted by molar-refractivity contribution is 0.0584. The van der Waals surface area contributed by atoms with Gasteiger partial charge in [0.05, 0.1) is 43.0 Å². The molecule has 0 aliphatic carbocycles. The van der Waals surface area contributed by atoms with Gasteiger partial charge >= 0.3 is 5.92 Å². The van der Waals surface area contributed by atoms with Crippen LogP contribution in [0.25, 0.3) is 10.9 Å². The summed E-state index contributed by atoms with van der Waals surface area (Å²) in [5.41, 5.74) is 3.65. The number of ether oxygens (including phenoxy) is 1. The van der Waals surface area contributed by atoms with E-state index < -0.39 is 11.8 Å². The van der Waals surface area contributed by atoms with Crippen molar-refractivity contribution in [2.24, 2.45) is 16.8 Å². The van der Waals surface area contributed by atoms with Crippen LogP contribution in [0.1, 0.15) is 33.5 Å². The van der Waals surface area contributed by atoms with Gasteiger partial charge in [-0.15, -0.1) is 0 Å². The second kappa shape index (κ2) is 10.2. The van der Waals surface area contributed by atoms with Gasteiger partial charge in [0.25, 0.3) is 0 Å². The average molecular weight is 504 g/mol. The number of hydrazine groups is 1. The first-order valence-corrected chi connectivity index (χ1v) is 11.5. The molecule has 0 aliphatic rings. The average Bonchev–Trinajstić information content (AvgIpc) is 3.19. The molecule has 0 saturated carbocycles. The fraction of sp³-hybridized carbons (Fsp3) is 0.222. The Kier molecular flexibility index (Phi) is 7.09. The minimum Gasteiger partial charge on any atom is -0.497 e. The third kappa shape index (κ3) is 4.94. The van der Waals surface area contributed by atoms with Gasteiger partial charge in [0.1, 0.15) is 5.75 Å². The summed E-state index contributed by atoms with van der Waals surface area (Å²) in [6.07, 6.45) is 0. The number of hydrazone groups is 1. The lowest BCUT2D eigenvalue weighted by atomic mass is 10.0. The Morgan fingerprint density at radius 1 is 1.16 bits per heavy atom. The van der Waals surface area contributed by atoms with Crippen molar-refractivity contribution in [3.05, 3.63) is 94.2 Å². The Balaban J connectivity index is 1.68. The summed E-state index contributed by atoms with van der Waals surface area (Å²) in [4.78, 5) is 0. The number of amidine groups is 1. The number of hydrogen-bond acceptors (Lipinski definition) is 6. The number of aromatic nitrogens is 2. The molecule has 8 nitrogen and oxygen atoms in total. The zero-order valence-electron chi connectivity index (χ0n) is 20.7. The smallest absolute Gasteiger partial charge is 0.332 e. The van der Waals surface area contributed by atoms with Gasteiger partial charge in [0, 0.05) is 10.9 Å². The molecule has 0 aliphatic heterocycles. The molecule has 0 saturated heterocycles. The number of nitrogens with two attached hydrogens (primary N) is 2. The van der Waals surface area contributed by atoms with Gasteiger partial charge in [-0.3, -0.25) is 9.69 Å². The highest BCUT2D eigenvalue weighted by Gasteiger charge is 2.42. The maximum Gasteiger partial charge on any atom is 0.332 e. The Morgan fingerprint density at radius 2 is 1.89 bits per heavy atom. The number of fused-ring (bicyclic) bond motifs is 1. The molecule has 190 valence electrons. The SMILES string of the molecule is COc1ccc(CN(N)/C(=N\N)C(F)(F)c2ccc3c(C)nn(Cc4cccc(C)c4C#N)c3c2)cc1. The molecule has 4 N–H and O–H groups in total. The van der Waals surface area contributed by atoms with Crippen LogP contribution in [0.2, 0.25) is 0 Å². The molecular formula is C27H27F2N7O. The summed E-state index contributed by atoms with van der Waals surface area (Å²) >= 11 is 0. The van der Waals surface area contributed by atoms with Crippen LogP contribution in [0.15, 0.2) is 65.8 Å². The molecular weight excluding hydrogens is 476 g/mol. The number of benzene rings is 3. The maximum absolute atomic E-state index is 15.7. The largest absolute Gasteiger partial charge is 0.497 e. The van der Waals surface area contributed by atoms with Crippen molar-refractivity contribution >= 4 is 16.7 Å². The van der Waals surface area contributed by atoms with Crippen LogP contribution in [0.5, 0.6) is 5.75 Å². The summed E-state index contributed by atoms with van der Waals surface area (Å²) in [7, 11) is 1.54. The zero-order chi connectivity index (χ0) is 26.7. The van der Waals surface area contributed by atoms with Gasteiger partial charge in [0.2, 0.25) is 5.84 Å². The van der Waals surface area contributed by atoms with Crippen LogP contribution in [0, 0.1) is 25.2 Å². The number of nitriles is 1. The molecule has 0 atom stereocenters. The highest BCUT2D eigenvalue weighted by molar-refractivity contribution is 5.91. The zero-order valence-corrected chi connectivity index (χ0v) is 20.7. The van der Waals surface area contributed by atoms with Crippen LogP contribution in [0.3, 0.4) is 0 Å². The molecule has 0 spiro atoms. The molecule has 0 amide bonds. The summed E-state index contributed by atoms with van der Waals surface area (Å²) in [6.45, 7) is 3.87. The number of rotatable bonds is 7. The molecule has 1 aromatic heterocycles.